The lowest BCUT2D eigenvalue weighted by molar-refractivity contribution is 0.632. The Morgan fingerprint density at radius 1 is 1.60 bits per heavy atom. The molecule has 80 valence electrons. The maximum Gasteiger partial charge on any atom is 0.146 e. The predicted molar refractivity (Wildman–Crippen MR) is 63.0 cm³/mol. The van der Waals surface area contributed by atoms with E-state index in [2.05, 4.69) is 11.9 Å². The summed E-state index contributed by atoms with van der Waals surface area (Å²) in [5.74, 6) is -0.403. The molecule has 0 unspecified atom stereocenters. The molecule has 0 bridgehead atoms. The molecule has 0 saturated heterocycles. The van der Waals surface area contributed by atoms with Crippen LogP contribution in [0, 0.1) is 5.82 Å². The second kappa shape index (κ2) is 5.20. The molecule has 0 spiro atoms. The molecule has 0 fully saturated rings. The Hall–Kier alpha value is -1.77. The molecule has 0 aliphatic heterocycles. The van der Waals surface area contributed by atoms with E-state index >= 15 is 0 Å². The normalized spacial score (nSPS) is 11.2. The van der Waals surface area contributed by atoms with Gasteiger partial charge in [-0.3, -0.25) is 0 Å². The monoisotopic (exact) mass is 206 g/mol. The fourth-order valence-corrected chi connectivity index (χ4v) is 1.19. The van der Waals surface area contributed by atoms with Crippen LogP contribution in [0.4, 0.5) is 15.8 Å². The number of rotatable bonds is 4. The Balaban J connectivity index is 2.84. The third-order valence-electron chi connectivity index (χ3n) is 1.93. The first-order chi connectivity index (χ1) is 7.17. The largest absolute Gasteiger partial charge is 0.396 e. The lowest BCUT2D eigenvalue weighted by Gasteiger charge is -2.08. The Morgan fingerprint density at radius 2 is 2.33 bits per heavy atom. The van der Waals surface area contributed by atoms with Gasteiger partial charge < -0.3 is 11.1 Å². The Kier molecular flexibility index (Phi) is 3.92. The molecule has 3 N–H and O–H groups in total. The van der Waals surface area contributed by atoms with Gasteiger partial charge in [-0.15, -0.1) is 0 Å². The zero-order chi connectivity index (χ0) is 11.3. The van der Waals surface area contributed by atoms with E-state index in [0.717, 1.165) is 17.8 Å². The summed E-state index contributed by atoms with van der Waals surface area (Å²) >= 11 is 0. The number of nitrogens with two attached hydrogens (primary N) is 1. The van der Waals surface area contributed by atoms with Crippen LogP contribution in [0.25, 0.3) is 0 Å². The lowest BCUT2D eigenvalue weighted by atomic mass is 10.2. The number of hydrogen-bond acceptors (Lipinski definition) is 2. The van der Waals surface area contributed by atoms with Crippen LogP contribution in [-0.2, 0) is 0 Å². The maximum atomic E-state index is 12.9. The molecule has 2 nitrogen and oxygen atoms in total. The molecule has 0 atom stereocenters. The van der Waals surface area contributed by atoms with Crippen LogP contribution < -0.4 is 11.1 Å². The minimum Gasteiger partial charge on any atom is -0.396 e. The molecular formula is C12H15FN2. The number of anilines is 2. The molecule has 0 saturated carbocycles. The van der Waals surface area contributed by atoms with Crippen LogP contribution in [0.3, 0.4) is 0 Å². The van der Waals surface area contributed by atoms with E-state index in [4.69, 9.17) is 5.73 Å². The Labute approximate surface area is 89.3 Å². The molecule has 0 aliphatic rings. The summed E-state index contributed by atoms with van der Waals surface area (Å²) in [5.41, 5.74) is 7.24. The summed E-state index contributed by atoms with van der Waals surface area (Å²) in [6.45, 7) is 5.71. The fourth-order valence-electron chi connectivity index (χ4n) is 1.19. The van der Waals surface area contributed by atoms with Crippen LogP contribution in [0.5, 0.6) is 0 Å². The molecule has 1 aromatic carbocycles. The minimum absolute atomic E-state index is 0.139. The van der Waals surface area contributed by atoms with E-state index in [1.807, 2.05) is 13.0 Å². The molecule has 0 amide bonds. The maximum absolute atomic E-state index is 12.9. The van der Waals surface area contributed by atoms with Crippen LogP contribution in [0.15, 0.2) is 42.6 Å². The van der Waals surface area contributed by atoms with Crippen LogP contribution >= 0.6 is 0 Å². The topological polar surface area (TPSA) is 38.0 Å². The van der Waals surface area contributed by atoms with Crippen molar-refractivity contribution in [3.63, 3.8) is 0 Å². The molecule has 0 aromatic heterocycles. The Morgan fingerprint density at radius 3 is 2.87 bits per heavy atom. The van der Waals surface area contributed by atoms with Gasteiger partial charge in [0.1, 0.15) is 5.82 Å². The van der Waals surface area contributed by atoms with E-state index in [1.54, 1.807) is 18.2 Å². The van der Waals surface area contributed by atoms with Crippen molar-refractivity contribution in [1.82, 2.24) is 0 Å². The van der Waals surface area contributed by atoms with Crippen molar-refractivity contribution in [2.45, 2.75) is 13.3 Å². The average Bonchev–Trinajstić information content (AvgIpc) is 2.23. The van der Waals surface area contributed by atoms with Gasteiger partial charge in [0.2, 0.25) is 0 Å². The van der Waals surface area contributed by atoms with E-state index in [1.165, 1.54) is 6.07 Å². The first-order valence-corrected chi connectivity index (χ1v) is 4.82. The molecule has 0 radical (unpaired) electrons. The smallest absolute Gasteiger partial charge is 0.146 e. The van der Waals surface area contributed by atoms with Gasteiger partial charge >= 0.3 is 0 Å². The molecule has 0 heterocycles. The first kappa shape index (κ1) is 11.3. The molecule has 15 heavy (non-hydrogen) atoms. The number of nitrogens with one attached hydrogen (secondary N) is 1. The summed E-state index contributed by atoms with van der Waals surface area (Å²) in [6.07, 6.45) is 4.61. The second-order valence-corrected chi connectivity index (χ2v) is 3.13. The summed E-state index contributed by atoms with van der Waals surface area (Å²) in [7, 11) is 0. The van der Waals surface area contributed by atoms with E-state index < -0.39 is 5.82 Å². The third kappa shape index (κ3) is 3.13. The van der Waals surface area contributed by atoms with Gasteiger partial charge in [-0.05, 0) is 30.7 Å². The average molecular weight is 206 g/mol. The molecule has 3 heteroatoms. The molecule has 1 aromatic rings. The highest BCUT2D eigenvalue weighted by atomic mass is 19.1. The van der Waals surface area contributed by atoms with Crippen LogP contribution in [0.1, 0.15) is 13.3 Å². The van der Waals surface area contributed by atoms with Gasteiger partial charge in [0.15, 0.2) is 0 Å². The van der Waals surface area contributed by atoms with Gasteiger partial charge in [0.05, 0.1) is 5.69 Å². The number of nitrogen functional groups attached to an aromatic ring is 1. The third-order valence-corrected chi connectivity index (χ3v) is 1.93. The highest BCUT2D eigenvalue weighted by Gasteiger charge is 1.99. The molecule has 1 rings (SSSR count). The minimum atomic E-state index is -0.403. The van der Waals surface area contributed by atoms with E-state index in [9.17, 15) is 4.39 Å². The van der Waals surface area contributed by atoms with Gasteiger partial charge in [-0.1, -0.05) is 19.6 Å². The summed E-state index contributed by atoms with van der Waals surface area (Å²) in [4.78, 5) is 0. The highest BCUT2D eigenvalue weighted by Crippen LogP contribution is 2.18. The second-order valence-electron chi connectivity index (χ2n) is 3.13. The van der Waals surface area contributed by atoms with Crippen molar-refractivity contribution in [3.8, 4) is 0 Å². The Bertz CT molecular complexity index is 383. The summed E-state index contributed by atoms with van der Waals surface area (Å²) in [5, 5.41) is 3.09. The van der Waals surface area contributed by atoms with E-state index in [0.29, 0.717) is 0 Å². The SMILES string of the molecule is C=C/C(=C\CC)Nc1ccc(F)c(N)c1. The zero-order valence-corrected chi connectivity index (χ0v) is 8.76. The molecule has 0 aliphatic carbocycles. The van der Waals surface area contributed by atoms with Crippen molar-refractivity contribution < 1.29 is 4.39 Å². The zero-order valence-electron chi connectivity index (χ0n) is 8.76. The van der Waals surface area contributed by atoms with Gasteiger partial charge in [-0.25, -0.2) is 4.39 Å². The van der Waals surface area contributed by atoms with Gasteiger partial charge in [0.25, 0.3) is 0 Å². The number of halogens is 1. The van der Waals surface area contributed by atoms with Crippen LogP contribution in [0.2, 0.25) is 0 Å². The number of benzene rings is 1. The highest BCUT2D eigenvalue weighted by molar-refractivity contribution is 5.58. The summed E-state index contributed by atoms with van der Waals surface area (Å²) in [6, 6.07) is 4.53. The van der Waals surface area contributed by atoms with Crippen LogP contribution in [-0.4, -0.2) is 0 Å². The van der Waals surface area contributed by atoms with Crippen molar-refractivity contribution >= 4 is 11.4 Å². The number of hydrogen-bond donors (Lipinski definition) is 2. The fraction of sp³-hybridized carbons (Fsp3) is 0.167. The standard InChI is InChI=1S/C12H15FN2/c1-3-5-9(4-2)15-10-6-7-11(13)12(14)8-10/h4-8,15H,2-3,14H2,1H3/b9-5+. The number of allylic oxidation sites excluding steroid dienone is 2. The molecular weight excluding hydrogens is 191 g/mol. The quantitative estimate of drug-likeness (QED) is 0.586. The lowest BCUT2D eigenvalue weighted by Crippen LogP contribution is -1.98. The van der Waals surface area contributed by atoms with Crippen molar-refractivity contribution in [3.05, 3.63) is 48.4 Å². The van der Waals surface area contributed by atoms with Crippen molar-refractivity contribution in [2.24, 2.45) is 0 Å². The van der Waals surface area contributed by atoms with E-state index in [-0.39, 0.29) is 5.69 Å². The first-order valence-electron chi connectivity index (χ1n) is 4.82. The van der Waals surface area contributed by atoms with Gasteiger partial charge in [0, 0.05) is 11.4 Å². The van der Waals surface area contributed by atoms with Gasteiger partial charge in [-0.2, -0.15) is 0 Å². The van der Waals surface area contributed by atoms with Crippen molar-refractivity contribution in [1.29, 1.82) is 0 Å². The summed E-state index contributed by atoms with van der Waals surface area (Å²) < 4.78 is 12.9. The van der Waals surface area contributed by atoms with Crippen molar-refractivity contribution in [2.75, 3.05) is 11.1 Å². The predicted octanol–water partition coefficient (Wildman–Crippen LogP) is 3.30.